The largest absolute Gasteiger partial charge is 0.347 e. The number of H-pyrrole nitrogens is 1. The van der Waals surface area contributed by atoms with Crippen molar-refractivity contribution in [2.24, 2.45) is 5.14 Å². The van der Waals surface area contributed by atoms with E-state index in [2.05, 4.69) is 25.7 Å². The number of nitrogens with one attached hydrogen (secondary N) is 3. The molecule has 0 aliphatic carbocycles. The Hall–Kier alpha value is -3.84. The number of nitrogens with zero attached hydrogens (tertiary/aromatic N) is 3. The van der Waals surface area contributed by atoms with Gasteiger partial charge in [-0.05, 0) is 37.5 Å². The first-order chi connectivity index (χ1) is 16.1. The molecule has 2 aromatic heterocycles. The highest BCUT2D eigenvalue weighted by molar-refractivity contribution is 7.89. The fraction of sp³-hybridized carbons (Fsp3) is 0.286. The summed E-state index contributed by atoms with van der Waals surface area (Å²) < 4.78 is 23.9. The number of aryl methyl sites for hydroxylation is 2. The average molecular weight is 488 g/mol. The third kappa shape index (κ3) is 6.36. The summed E-state index contributed by atoms with van der Waals surface area (Å²) >= 11 is 0. The van der Waals surface area contributed by atoms with Crippen LogP contribution < -0.4 is 21.3 Å². The van der Waals surface area contributed by atoms with Crippen LogP contribution in [0, 0.1) is 6.92 Å². The van der Waals surface area contributed by atoms with Gasteiger partial charge < -0.3 is 10.6 Å². The van der Waals surface area contributed by atoms with Crippen molar-refractivity contribution in [2.45, 2.75) is 38.0 Å². The summed E-state index contributed by atoms with van der Waals surface area (Å²) in [5, 5.41) is 14.3. The lowest BCUT2D eigenvalue weighted by atomic mass is 10.1. The second-order valence-electron chi connectivity index (χ2n) is 7.54. The molecule has 0 unspecified atom stereocenters. The number of benzene rings is 1. The van der Waals surface area contributed by atoms with Crippen molar-refractivity contribution in [3.05, 3.63) is 63.7 Å². The molecule has 0 atom stereocenters. The Balaban J connectivity index is 1.64. The molecule has 0 radical (unpaired) electrons. The number of carbonyl (C=O) groups excluding carboxylic acids is 2. The smallest absolute Gasteiger partial charge is 0.314 e. The van der Waals surface area contributed by atoms with Gasteiger partial charge in [0.15, 0.2) is 0 Å². The minimum Gasteiger partial charge on any atom is -0.347 e. The average Bonchev–Trinajstić information content (AvgIpc) is 3.13. The van der Waals surface area contributed by atoms with E-state index < -0.39 is 21.8 Å². The topological polar surface area (TPSA) is 182 Å². The van der Waals surface area contributed by atoms with E-state index in [9.17, 15) is 22.8 Å². The highest BCUT2D eigenvalue weighted by Crippen LogP contribution is 2.14. The van der Waals surface area contributed by atoms with Crippen molar-refractivity contribution in [1.29, 1.82) is 0 Å². The lowest BCUT2D eigenvalue weighted by Gasteiger charge is -2.09. The first-order valence-electron chi connectivity index (χ1n) is 10.4. The van der Waals surface area contributed by atoms with Gasteiger partial charge in [0.1, 0.15) is 5.82 Å². The van der Waals surface area contributed by atoms with Crippen LogP contribution in [0.3, 0.4) is 0 Å². The van der Waals surface area contributed by atoms with Crippen LogP contribution in [0.25, 0.3) is 5.95 Å². The summed E-state index contributed by atoms with van der Waals surface area (Å²) in [6.45, 7) is 3.80. The number of nitrogens with two attached hydrogens (primary N) is 1. The van der Waals surface area contributed by atoms with Gasteiger partial charge >= 0.3 is 11.8 Å². The van der Waals surface area contributed by atoms with E-state index in [1.54, 1.807) is 25.1 Å². The third-order valence-corrected chi connectivity index (χ3v) is 5.65. The molecule has 3 rings (SSSR count). The number of hydrogen-bond donors (Lipinski definition) is 4. The number of aromatic nitrogens is 4. The minimum atomic E-state index is -3.78. The summed E-state index contributed by atoms with van der Waals surface area (Å²) in [7, 11) is -3.78. The lowest BCUT2D eigenvalue weighted by molar-refractivity contribution is -0.136. The number of sulfonamides is 1. The Morgan fingerprint density at radius 3 is 2.47 bits per heavy atom. The van der Waals surface area contributed by atoms with Crippen molar-refractivity contribution in [3.8, 4) is 5.95 Å². The molecule has 5 N–H and O–H groups in total. The monoisotopic (exact) mass is 487 g/mol. The van der Waals surface area contributed by atoms with Gasteiger partial charge in [0.25, 0.3) is 5.56 Å². The molecule has 13 heteroatoms. The Labute approximate surface area is 195 Å². The molecule has 34 heavy (non-hydrogen) atoms. The fourth-order valence-electron chi connectivity index (χ4n) is 3.15. The SMILES string of the molecule is CCCc1cc(=O)[nH]c(-n2nc(C)cc2NC(=O)C(=O)NCCc2ccc(S(N)(=O)=O)cc2)n1. The molecule has 3 aromatic rings. The highest BCUT2D eigenvalue weighted by atomic mass is 32.2. The lowest BCUT2D eigenvalue weighted by Crippen LogP contribution is -2.37. The van der Waals surface area contributed by atoms with Gasteiger partial charge in [-0.3, -0.25) is 19.4 Å². The molecule has 0 aliphatic rings. The maximum Gasteiger partial charge on any atom is 0.314 e. The Kier molecular flexibility index (Phi) is 7.58. The van der Waals surface area contributed by atoms with Gasteiger partial charge in [0.05, 0.1) is 10.6 Å². The van der Waals surface area contributed by atoms with Crippen molar-refractivity contribution < 1.29 is 18.0 Å². The van der Waals surface area contributed by atoms with Crippen LogP contribution in [0.2, 0.25) is 0 Å². The number of carbonyl (C=O) groups is 2. The first-order valence-corrected chi connectivity index (χ1v) is 12.0. The zero-order valence-corrected chi connectivity index (χ0v) is 19.5. The quantitative estimate of drug-likeness (QED) is 0.326. The number of hydrogen-bond acceptors (Lipinski definition) is 7. The molecule has 0 fully saturated rings. The standard InChI is InChI=1S/C21H25N7O5S/c1-3-4-15-12-18(29)26-21(24-15)28-17(11-13(2)27-28)25-20(31)19(30)23-10-9-14-5-7-16(8-6-14)34(22,32)33/h5-8,11-12H,3-4,9-10H2,1-2H3,(H,23,30)(H,25,31)(H2,22,32,33)(H,24,26,29). The highest BCUT2D eigenvalue weighted by Gasteiger charge is 2.18. The maximum atomic E-state index is 12.4. The Morgan fingerprint density at radius 2 is 1.82 bits per heavy atom. The van der Waals surface area contributed by atoms with E-state index in [0.717, 1.165) is 12.0 Å². The van der Waals surface area contributed by atoms with Crippen LogP contribution in [-0.2, 0) is 32.5 Å². The van der Waals surface area contributed by atoms with Crippen molar-refractivity contribution in [3.63, 3.8) is 0 Å². The summed E-state index contributed by atoms with van der Waals surface area (Å²) in [4.78, 5) is 43.6. The van der Waals surface area contributed by atoms with Gasteiger partial charge in [0, 0.05) is 24.4 Å². The van der Waals surface area contributed by atoms with Crippen LogP contribution in [0.4, 0.5) is 5.82 Å². The minimum absolute atomic E-state index is 0.0115. The first kappa shape index (κ1) is 24.8. The predicted octanol–water partition coefficient (Wildman–Crippen LogP) is 0.161. The summed E-state index contributed by atoms with van der Waals surface area (Å²) in [5.41, 5.74) is 1.53. The van der Waals surface area contributed by atoms with Gasteiger partial charge in [-0.15, -0.1) is 0 Å². The van der Waals surface area contributed by atoms with E-state index in [-0.39, 0.29) is 28.8 Å². The van der Waals surface area contributed by atoms with E-state index in [0.29, 0.717) is 24.2 Å². The third-order valence-electron chi connectivity index (χ3n) is 4.72. The van der Waals surface area contributed by atoms with Gasteiger partial charge in [-0.2, -0.15) is 9.78 Å². The Morgan fingerprint density at radius 1 is 1.12 bits per heavy atom. The fourth-order valence-corrected chi connectivity index (χ4v) is 3.66. The zero-order valence-electron chi connectivity index (χ0n) is 18.7. The second kappa shape index (κ2) is 10.4. The van der Waals surface area contributed by atoms with Crippen LogP contribution >= 0.6 is 0 Å². The second-order valence-corrected chi connectivity index (χ2v) is 9.10. The predicted molar refractivity (Wildman–Crippen MR) is 124 cm³/mol. The Bertz CT molecular complexity index is 1360. The number of aromatic amines is 1. The molecule has 2 amide bonds. The van der Waals surface area contributed by atoms with E-state index in [4.69, 9.17) is 5.14 Å². The molecule has 0 saturated heterocycles. The molecule has 0 aliphatic heterocycles. The van der Waals surface area contributed by atoms with Gasteiger partial charge in [0.2, 0.25) is 16.0 Å². The van der Waals surface area contributed by atoms with Crippen molar-refractivity contribution in [2.75, 3.05) is 11.9 Å². The molecule has 0 saturated carbocycles. The molecular weight excluding hydrogens is 462 g/mol. The number of primary sulfonamides is 1. The normalized spacial score (nSPS) is 11.3. The molecule has 2 heterocycles. The van der Waals surface area contributed by atoms with Crippen LogP contribution in [0.5, 0.6) is 0 Å². The van der Waals surface area contributed by atoms with Crippen molar-refractivity contribution >= 4 is 27.7 Å². The van der Waals surface area contributed by atoms with Crippen LogP contribution in [0.15, 0.2) is 46.1 Å². The number of anilines is 1. The van der Waals surface area contributed by atoms with E-state index in [1.165, 1.54) is 22.9 Å². The maximum absolute atomic E-state index is 12.4. The summed E-state index contributed by atoms with van der Waals surface area (Å²) in [6.07, 6.45) is 1.77. The molecule has 180 valence electrons. The number of amides is 2. The zero-order chi connectivity index (χ0) is 24.9. The molecule has 1 aromatic carbocycles. The number of rotatable bonds is 8. The molecule has 0 spiro atoms. The molecule has 0 bridgehead atoms. The van der Waals surface area contributed by atoms with Crippen LogP contribution in [0.1, 0.15) is 30.3 Å². The molecule has 12 nitrogen and oxygen atoms in total. The van der Waals surface area contributed by atoms with Crippen molar-refractivity contribution in [1.82, 2.24) is 25.1 Å². The van der Waals surface area contributed by atoms with Crippen LogP contribution in [-0.4, -0.2) is 46.5 Å². The summed E-state index contributed by atoms with van der Waals surface area (Å²) in [6, 6.07) is 8.84. The molecular formula is C21H25N7O5S. The van der Waals surface area contributed by atoms with Gasteiger partial charge in [-0.1, -0.05) is 25.5 Å². The summed E-state index contributed by atoms with van der Waals surface area (Å²) in [5.74, 6) is -1.48. The van der Waals surface area contributed by atoms with E-state index >= 15 is 0 Å². The van der Waals surface area contributed by atoms with E-state index in [1.807, 2.05) is 6.92 Å². The van der Waals surface area contributed by atoms with Gasteiger partial charge in [-0.25, -0.2) is 18.5 Å².